The summed E-state index contributed by atoms with van der Waals surface area (Å²) in [4.78, 5) is 26.3. The van der Waals surface area contributed by atoms with Gasteiger partial charge in [-0.25, -0.2) is 4.79 Å². The lowest BCUT2D eigenvalue weighted by atomic mass is 9.93. The van der Waals surface area contributed by atoms with E-state index in [1.54, 1.807) is 7.11 Å². The van der Waals surface area contributed by atoms with Crippen LogP contribution in [0, 0.1) is 5.92 Å². The minimum atomic E-state index is -0.311. The molecule has 1 amide bonds. The third-order valence-corrected chi connectivity index (χ3v) is 5.79. The summed E-state index contributed by atoms with van der Waals surface area (Å²) in [5.74, 6) is 1.12. The van der Waals surface area contributed by atoms with Gasteiger partial charge in [0.15, 0.2) is 0 Å². The molecule has 0 aliphatic carbocycles. The van der Waals surface area contributed by atoms with E-state index in [1.165, 1.54) is 19.1 Å². The number of benzene rings is 2. The van der Waals surface area contributed by atoms with E-state index in [2.05, 4.69) is 10.2 Å². The van der Waals surface area contributed by atoms with Crippen molar-refractivity contribution in [1.29, 1.82) is 0 Å². The summed E-state index contributed by atoms with van der Waals surface area (Å²) in [7, 11) is 3.03. The van der Waals surface area contributed by atoms with Gasteiger partial charge in [-0.15, -0.1) is 0 Å². The highest BCUT2D eigenvalue weighted by Crippen LogP contribution is 2.23. The molecule has 1 saturated heterocycles. The third-order valence-electron chi connectivity index (χ3n) is 5.79. The maximum Gasteiger partial charge on any atom is 0.337 e. The molecule has 2 aromatic rings. The number of esters is 1. The van der Waals surface area contributed by atoms with Gasteiger partial charge in [0, 0.05) is 26.1 Å². The molecule has 1 N–H and O–H groups in total. The number of methoxy groups -OCH3 is 2. The van der Waals surface area contributed by atoms with Gasteiger partial charge in [0.25, 0.3) is 0 Å². The fourth-order valence-corrected chi connectivity index (χ4v) is 4.06. The van der Waals surface area contributed by atoms with E-state index in [0.29, 0.717) is 24.4 Å². The first-order valence-corrected chi connectivity index (χ1v) is 10.9. The predicted octanol–water partition coefficient (Wildman–Crippen LogP) is 3.79. The highest BCUT2D eigenvalue weighted by atomic mass is 16.5. The SMILES string of the molecule is COC(=O)c1ccc(CN2CCC[C@H](CCC(=O)NCc3cccc(OC)c3)C2)cc1. The van der Waals surface area contributed by atoms with Crippen molar-refractivity contribution in [3.8, 4) is 5.75 Å². The van der Waals surface area contributed by atoms with Crippen LogP contribution in [0.2, 0.25) is 0 Å². The second-order valence-corrected chi connectivity index (χ2v) is 8.10. The second-order valence-electron chi connectivity index (χ2n) is 8.10. The molecule has 0 spiro atoms. The van der Waals surface area contributed by atoms with Crippen LogP contribution < -0.4 is 10.1 Å². The number of piperidine rings is 1. The lowest BCUT2D eigenvalue weighted by Gasteiger charge is -2.32. The summed E-state index contributed by atoms with van der Waals surface area (Å²) in [5, 5.41) is 3.01. The lowest BCUT2D eigenvalue weighted by molar-refractivity contribution is -0.121. The Morgan fingerprint density at radius 3 is 2.65 bits per heavy atom. The van der Waals surface area contributed by atoms with Crippen molar-refractivity contribution in [2.24, 2.45) is 5.92 Å². The van der Waals surface area contributed by atoms with Crippen molar-refractivity contribution >= 4 is 11.9 Å². The lowest BCUT2D eigenvalue weighted by Crippen LogP contribution is -2.35. The Morgan fingerprint density at radius 2 is 1.90 bits per heavy atom. The number of hydrogen-bond donors (Lipinski definition) is 1. The van der Waals surface area contributed by atoms with Gasteiger partial charge >= 0.3 is 5.97 Å². The van der Waals surface area contributed by atoms with Crippen molar-refractivity contribution in [2.75, 3.05) is 27.3 Å². The molecule has 166 valence electrons. The van der Waals surface area contributed by atoms with Gasteiger partial charge in [-0.05, 0) is 67.1 Å². The zero-order valence-electron chi connectivity index (χ0n) is 18.4. The topological polar surface area (TPSA) is 67.9 Å². The number of carbonyl (C=O) groups is 2. The Morgan fingerprint density at radius 1 is 1.10 bits per heavy atom. The maximum absolute atomic E-state index is 12.3. The van der Waals surface area contributed by atoms with E-state index in [1.807, 2.05) is 48.5 Å². The number of carbonyl (C=O) groups excluding carboxylic acids is 2. The van der Waals surface area contributed by atoms with E-state index in [9.17, 15) is 9.59 Å². The molecule has 1 aliphatic rings. The predicted molar refractivity (Wildman–Crippen MR) is 120 cm³/mol. The standard InChI is InChI=1S/C25H32N2O4/c1-30-23-7-3-5-21(15-23)16-26-24(28)13-10-19-6-4-14-27(17-19)18-20-8-11-22(12-9-20)25(29)31-2/h3,5,7-9,11-12,15,19H,4,6,10,13-14,16-18H2,1-2H3,(H,26,28)/t19-/m1/s1. The molecule has 0 aromatic heterocycles. The minimum Gasteiger partial charge on any atom is -0.497 e. The molecule has 31 heavy (non-hydrogen) atoms. The molecule has 6 nitrogen and oxygen atoms in total. The molecule has 1 aliphatic heterocycles. The van der Waals surface area contributed by atoms with Crippen molar-refractivity contribution in [2.45, 2.75) is 38.8 Å². The number of likely N-dealkylation sites (tertiary alicyclic amines) is 1. The van der Waals surface area contributed by atoms with Crippen LogP contribution in [0.3, 0.4) is 0 Å². The van der Waals surface area contributed by atoms with Crippen LogP contribution >= 0.6 is 0 Å². The molecule has 1 atom stereocenters. The van der Waals surface area contributed by atoms with Crippen LogP contribution in [0.25, 0.3) is 0 Å². The van der Waals surface area contributed by atoms with Crippen LogP contribution in [0.5, 0.6) is 5.75 Å². The minimum absolute atomic E-state index is 0.0957. The molecule has 0 unspecified atom stereocenters. The van der Waals surface area contributed by atoms with Crippen LogP contribution in [0.15, 0.2) is 48.5 Å². The average molecular weight is 425 g/mol. The quantitative estimate of drug-likeness (QED) is 0.621. The molecular weight excluding hydrogens is 392 g/mol. The normalized spacial score (nSPS) is 16.5. The monoisotopic (exact) mass is 424 g/mol. The second kappa shape index (κ2) is 11.5. The Balaban J connectivity index is 1.41. The Labute approximate surface area is 184 Å². The highest BCUT2D eigenvalue weighted by molar-refractivity contribution is 5.89. The fraction of sp³-hybridized carbons (Fsp3) is 0.440. The van der Waals surface area contributed by atoms with Crippen LogP contribution in [0.4, 0.5) is 0 Å². The van der Waals surface area contributed by atoms with Gasteiger partial charge in [-0.2, -0.15) is 0 Å². The molecule has 6 heteroatoms. The zero-order chi connectivity index (χ0) is 22.1. The molecule has 0 radical (unpaired) electrons. The van der Waals surface area contributed by atoms with Crippen LogP contribution in [-0.4, -0.2) is 44.1 Å². The number of rotatable bonds is 9. The van der Waals surface area contributed by atoms with Gasteiger partial charge in [0.1, 0.15) is 5.75 Å². The van der Waals surface area contributed by atoms with E-state index >= 15 is 0 Å². The molecule has 3 rings (SSSR count). The zero-order valence-corrected chi connectivity index (χ0v) is 18.4. The Kier molecular flexibility index (Phi) is 8.47. The van der Waals surface area contributed by atoms with Crippen LogP contribution in [0.1, 0.15) is 47.2 Å². The van der Waals surface area contributed by atoms with Gasteiger partial charge < -0.3 is 14.8 Å². The van der Waals surface area contributed by atoms with E-state index < -0.39 is 0 Å². The molecule has 0 bridgehead atoms. The van der Waals surface area contributed by atoms with E-state index in [4.69, 9.17) is 9.47 Å². The number of nitrogens with zero attached hydrogens (tertiary/aromatic N) is 1. The molecule has 0 saturated carbocycles. The van der Waals surface area contributed by atoms with Gasteiger partial charge in [-0.1, -0.05) is 24.3 Å². The van der Waals surface area contributed by atoms with Gasteiger partial charge in [0.05, 0.1) is 19.8 Å². The highest BCUT2D eigenvalue weighted by Gasteiger charge is 2.21. The summed E-state index contributed by atoms with van der Waals surface area (Å²) in [5.41, 5.74) is 2.79. The summed E-state index contributed by atoms with van der Waals surface area (Å²) >= 11 is 0. The number of amides is 1. The Hall–Kier alpha value is -2.86. The third kappa shape index (κ3) is 7.10. The summed E-state index contributed by atoms with van der Waals surface area (Å²) in [6.07, 6.45) is 3.77. The van der Waals surface area contributed by atoms with Crippen molar-refractivity contribution in [3.63, 3.8) is 0 Å². The number of nitrogens with one attached hydrogen (secondary N) is 1. The van der Waals surface area contributed by atoms with Crippen LogP contribution in [-0.2, 0) is 22.6 Å². The van der Waals surface area contributed by atoms with Crippen molar-refractivity contribution in [3.05, 3.63) is 65.2 Å². The summed E-state index contributed by atoms with van der Waals surface area (Å²) in [6.45, 7) is 3.45. The first-order valence-electron chi connectivity index (χ1n) is 10.9. The molecule has 1 heterocycles. The van der Waals surface area contributed by atoms with E-state index in [0.717, 1.165) is 43.8 Å². The summed E-state index contributed by atoms with van der Waals surface area (Å²) < 4.78 is 9.98. The molecule has 2 aromatic carbocycles. The molecule has 1 fully saturated rings. The van der Waals surface area contributed by atoms with Gasteiger partial charge in [0.2, 0.25) is 5.91 Å². The van der Waals surface area contributed by atoms with E-state index in [-0.39, 0.29) is 11.9 Å². The first-order chi connectivity index (χ1) is 15.1. The fourth-order valence-electron chi connectivity index (χ4n) is 4.06. The number of hydrogen-bond acceptors (Lipinski definition) is 5. The average Bonchev–Trinajstić information content (AvgIpc) is 2.81. The number of ether oxygens (including phenoxy) is 2. The smallest absolute Gasteiger partial charge is 0.337 e. The summed E-state index contributed by atoms with van der Waals surface area (Å²) in [6, 6.07) is 15.4. The largest absolute Gasteiger partial charge is 0.497 e. The maximum atomic E-state index is 12.3. The van der Waals surface area contributed by atoms with Gasteiger partial charge in [-0.3, -0.25) is 9.69 Å². The molecular formula is C25H32N2O4. The van der Waals surface area contributed by atoms with Crippen molar-refractivity contribution < 1.29 is 19.1 Å². The Bertz CT molecular complexity index is 866. The first kappa shape index (κ1) is 22.8. The van der Waals surface area contributed by atoms with Crippen molar-refractivity contribution in [1.82, 2.24) is 10.2 Å².